The zero-order chi connectivity index (χ0) is 6.00. The molecule has 0 aromatic rings. The van der Waals surface area contributed by atoms with Crippen molar-refractivity contribution in [2.75, 3.05) is 6.38 Å². The number of rotatable bonds is 0. The largest absolute Gasteiger partial charge is 0.130 e. The molecule has 9 heavy (non-hydrogen) atoms. The minimum Gasteiger partial charge on any atom is -0.130 e. The van der Waals surface area contributed by atoms with Crippen molar-refractivity contribution in [2.24, 2.45) is 0 Å². The third kappa shape index (κ3) is 73.9. The molecule has 0 unspecified atom stereocenters. The van der Waals surface area contributed by atoms with Gasteiger partial charge in [0.1, 0.15) is 0 Å². The monoisotopic (exact) mass is 230 g/mol. The van der Waals surface area contributed by atoms with E-state index in [1.807, 2.05) is 27.7 Å². The van der Waals surface area contributed by atoms with E-state index in [1.54, 1.807) is 0 Å². The molecule has 0 rings (SSSR count). The van der Waals surface area contributed by atoms with E-state index in [4.69, 9.17) is 0 Å². The number of halogens is 1. The first-order valence-electron chi connectivity index (χ1n) is 2.38. The van der Waals surface area contributed by atoms with Gasteiger partial charge in [0.2, 0.25) is 0 Å². The molecule has 4 heteroatoms. The van der Waals surface area contributed by atoms with Crippen LogP contribution < -0.4 is 0 Å². The maximum absolute atomic E-state index is 4.64. The Bertz CT molecular complexity index is 12.2. The van der Waals surface area contributed by atoms with Crippen LogP contribution in [0.15, 0.2) is 0 Å². The van der Waals surface area contributed by atoms with Crippen LogP contribution in [-0.4, -0.2) is 6.38 Å². The summed E-state index contributed by atoms with van der Waals surface area (Å²) >= 11 is 4.64. The van der Waals surface area contributed by atoms with Crippen LogP contribution in [0.5, 0.6) is 0 Å². The van der Waals surface area contributed by atoms with Crippen molar-refractivity contribution in [3.63, 3.8) is 0 Å². The van der Waals surface area contributed by atoms with Crippen molar-refractivity contribution in [1.29, 1.82) is 0 Å². The maximum Gasteiger partial charge on any atom is 0.0108 e. The maximum atomic E-state index is 4.64. The first-order valence-corrected chi connectivity index (χ1v) is 3.13. The minimum absolute atomic E-state index is 0. The molecule has 0 fully saturated rings. The summed E-state index contributed by atoms with van der Waals surface area (Å²) in [4.78, 5) is 0. The van der Waals surface area contributed by atoms with Crippen molar-refractivity contribution < 1.29 is 113 Å². The van der Waals surface area contributed by atoms with Crippen LogP contribution in [0.3, 0.4) is 0 Å². The number of alkyl halides is 1. The Balaban J connectivity index is -0.00000000321. The second-order valence-electron chi connectivity index (χ2n) is 0. The quantitative estimate of drug-likeness (QED) is 0.561. The van der Waals surface area contributed by atoms with Crippen LogP contribution in [0, 0.1) is 113 Å². The molecule has 0 atom stereocenters. The molecule has 0 heterocycles. The van der Waals surface area contributed by atoms with Crippen molar-refractivity contribution in [3.05, 3.63) is 0 Å². The fraction of sp³-hybridized carbons (Fsp3) is 1.00. The van der Waals surface area contributed by atoms with Crippen LogP contribution in [-0.2, 0) is 0 Å². The SMILES string of the molecule is CC.CC.CCl.[Ar].[Ar].[Ar]. The van der Waals surface area contributed by atoms with Crippen LogP contribution >= 0.6 is 11.6 Å². The smallest absolute Gasteiger partial charge is 0.0108 e. The topological polar surface area (TPSA) is 0 Å². The summed E-state index contributed by atoms with van der Waals surface area (Å²) in [5.74, 6) is 0. The number of hydrogen-bond donors (Lipinski definition) is 0. The van der Waals surface area contributed by atoms with Crippen LogP contribution in [0.2, 0.25) is 0 Å². The van der Waals surface area contributed by atoms with Crippen LogP contribution in [0.25, 0.3) is 0 Å². The van der Waals surface area contributed by atoms with Crippen LogP contribution in [0.1, 0.15) is 27.7 Å². The normalized spacial score (nSPS) is 2.00. The summed E-state index contributed by atoms with van der Waals surface area (Å²) in [6.45, 7) is 8.00. The van der Waals surface area contributed by atoms with Gasteiger partial charge in [-0.25, -0.2) is 0 Å². The van der Waals surface area contributed by atoms with E-state index < -0.39 is 0 Å². The molecule has 0 aromatic heterocycles. The predicted molar refractivity (Wildman–Crippen MR) is 34.5 cm³/mol. The molecule has 0 aliphatic heterocycles. The Kier molecular flexibility index (Phi) is 378. The van der Waals surface area contributed by atoms with Gasteiger partial charge in [-0.05, 0) is 0 Å². The van der Waals surface area contributed by atoms with Gasteiger partial charge >= 0.3 is 0 Å². The average molecular weight is 230 g/mol. The standard InChI is InChI=1S/2C2H6.CH3Cl.3Ar/c3*1-2;;;/h2*1-2H3;1H3;;;. The molecule has 0 amide bonds. The summed E-state index contributed by atoms with van der Waals surface area (Å²) in [6, 6.07) is 0. The molecule has 0 bridgehead atoms. The molecule has 0 nitrogen and oxygen atoms in total. The Morgan fingerprint density at radius 1 is 0.556 bits per heavy atom. The van der Waals surface area contributed by atoms with Gasteiger partial charge in [-0.15, -0.1) is 11.6 Å². The average Bonchev–Trinajstić information content (AvgIpc) is 1.81. The predicted octanol–water partition coefficient (Wildman–Crippen LogP) is 2.91. The summed E-state index contributed by atoms with van der Waals surface area (Å²) in [5.41, 5.74) is 0. The van der Waals surface area contributed by atoms with E-state index >= 15 is 0 Å². The van der Waals surface area contributed by atoms with E-state index in [0.29, 0.717) is 0 Å². The Morgan fingerprint density at radius 2 is 0.556 bits per heavy atom. The van der Waals surface area contributed by atoms with Gasteiger partial charge in [0, 0.05) is 120 Å². The van der Waals surface area contributed by atoms with Gasteiger partial charge in [0.05, 0.1) is 0 Å². The Morgan fingerprint density at radius 3 is 0.556 bits per heavy atom. The molecular formula is C5H15Ar3Cl. The summed E-state index contributed by atoms with van der Waals surface area (Å²) in [6.07, 6.45) is 1.47. The van der Waals surface area contributed by atoms with E-state index in [0.717, 1.165) is 0 Å². The summed E-state index contributed by atoms with van der Waals surface area (Å²) in [7, 11) is 0. The van der Waals surface area contributed by atoms with Crippen molar-refractivity contribution in [3.8, 4) is 0 Å². The third-order valence-electron chi connectivity index (χ3n) is 0. The van der Waals surface area contributed by atoms with Crippen LogP contribution in [0.4, 0.5) is 0 Å². The van der Waals surface area contributed by atoms with E-state index in [1.165, 1.54) is 6.38 Å². The van der Waals surface area contributed by atoms with Crippen molar-refractivity contribution in [1.82, 2.24) is 0 Å². The fourth-order valence-corrected chi connectivity index (χ4v) is 0. The molecule has 0 spiro atoms. The van der Waals surface area contributed by atoms with E-state index in [2.05, 4.69) is 11.6 Å². The molecular weight excluding hydrogens is 215 g/mol. The summed E-state index contributed by atoms with van der Waals surface area (Å²) in [5, 5.41) is 0. The molecule has 0 saturated carbocycles. The van der Waals surface area contributed by atoms with Gasteiger partial charge in [-0.2, -0.15) is 0 Å². The molecule has 0 saturated heterocycles. The van der Waals surface area contributed by atoms with Gasteiger partial charge in [-0.1, -0.05) is 27.7 Å². The first kappa shape index (κ1) is 38.1. The molecule has 0 radical (unpaired) electrons. The van der Waals surface area contributed by atoms with E-state index in [-0.39, 0.29) is 113 Å². The zero-order valence-electron chi connectivity index (χ0n) is 6.44. The first-order chi connectivity index (χ1) is 3.00. The van der Waals surface area contributed by atoms with Gasteiger partial charge < -0.3 is 0 Å². The molecule has 0 aromatic carbocycles. The van der Waals surface area contributed by atoms with Gasteiger partial charge in [-0.3, -0.25) is 0 Å². The number of hydrogen-bond acceptors (Lipinski definition) is 0. The van der Waals surface area contributed by atoms with Crippen molar-refractivity contribution in [2.45, 2.75) is 27.7 Å². The zero-order valence-corrected chi connectivity index (χ0v) is 9.32. The third-order valence-corrected chi connectivity index (χ3v) is 0. The molecule has 66 valence electrons. The molecule has 0 aliphatic carbocycles. The fourth-order valence-electron chi connectivity index (χ4n) is 0. The summed E-state index contributed by atoms with van der Waals surface area (Å²) < 4.78 is 0. The van der Waals surface area contributed by atoms with E-state index in [9.17, 15) is 0 Å². The van der Waals surface area contributed by atoms with Gasteiger partial charge in [0.15, 0.2) is 0 Å². The molecule has 0 N–H and O–H groups in total. The Labute approximate surface area is 155 Å². The minimum atomic E-state index is 0. The van der Waals surface area contributed by atoms with Gasteiger partial charge in [0.25, 0.3) is 0 Å². The second-order valence-corrected chi connectivity index (χ2v) is 0. The Hall–Kier alpha value is 4.07. The molecule has 0 aliphatic rings. The second kappa shape index (κ2) is 89.3. The van der Waals surface area contributed by atoms with Crippen molar-refractivity contribution >= 4 is 11.6 Å².